The summed E-state index contributed by atoms with van der Waals surface area (Å²) in [5.41, 5.74) is 5.86. The summed E-state index contributed by atoms with van der Waals surface area (Å²) in [6.07, 6.45) is 7.29. The molecule has 12 heavy (non-hydrogen) atoms. The van der Waals surface area contributed by atoms with Crippen LogP contribution in [-0.2, 0) is 0 Å². The van der Waals surface area contributed by atoms with Gasteiger partial charge in [-0.05, 0) is 19.1 Å². The monoisotopic (exact) mass is 186 g/mol. The van der Waals surface area contributed by atoms with Gasteiger partial charge in [0.05, 0.1) is 5.84 Å². The smallest absolute Gasteiger partial charge is 0.0968 e. The molecule has 0 amide bonds. The molecule has 0 aromatic heterocycles. The maximum atomic E-state index is 5.86. The van der Waals surface area contributed by atoms with Gasteiger partial charge in [-0.2, -0.15) is 11.8 Å². The van der Waals surface area contributed by atoms with E-state index in [2.05, 4.69) is 11.2 Å². The van der Waals surface area contributed by atoms with Crippen molar-refractivity contribution in [1.29, 1.82) is 0 Å². The Hall–Kier alpha value is -0.180. The molecule has 70 valence electrons. The van der Waals surface area contributed by atoms with Gasteiger partial charge in [0, 0.05) is 18.2 Å². The molecule has 1 aliphatic rings. The molecule has 3 heteroatoms. The molecule has 1 aliphatic carbocycles. The number of hydrogen-bond acceptors (Lipinski definition) is 2. The van der Waals surface area contributed by atoms with E-state index < -0.39 is 0 Å². The summed E-state index contributed by atoms with van der Waals surface area (Å²) in [6, 6.07) is 0. The van der Waals surface area contributed by atoms with Crippen LogP contribution >= 0.6 is 11.8 Å². The molecular formula is C9H18N2S. The highest BCUT2D eigenvalue weighted by molar-refractivity contribution is 7.98. The van der Waals surface area contributed by atoms with Crippen molar-refractivity contribution >= 4 is 17.6 Å². The molecule has 1 rings (SSSR count). The average molecular weight is 186 g/mol. The van der Waals surface area contributed by atoms with E-state index in [0.29, 0.717) is 5.92 Å². The molecule has 2 nitrogen and oxygen atoms in total. The fraction of sp³-hybridized carbons (Fsp3) is 0.889. The number of nitrogens with two attached hydrogens (primary N) is 1. The van der Waals surface area contributed by atoms with E-state index in [1.165, 1.54) is 25.7 Å². The molecular weight excluding hydrogens is 168 g/mol. The lowest BCUT2D eigenvalue weighted by molar-refractivity contribution is 0.717. The van der Waals surface area contributed by atoms with Crippen LogP contribution in [0.4, 0.5) is 0 Å². The molecule has 0 aromatic carbocycles. The molecule has 0 saturated heterocycles. The number of rotatable bonds is 4. The second kappa shape index (κ2) is 5.46. The molecule has 2 N–H and O–H groups in total. The standard InChI is InChI=1S/C9H18N2S/c1-12-7-6-11-9(10)8-4-2-3-5-8/h8H,2-7H2,1H3,(H2,10,11). The van der Waals surface area contributed by atoms with Crippen molar-refractivity contribution in [3.8, 4) is 0 Å². The van der Waals surface area contributed by atoms with Crippen LogP contribution < -0.4 is 5.73 Å². The summed E-state index contributed by atoms with van der Waals surface area (Å²) in [7, 11) is 0. The third kappa shape index (κ3) is 3.05. The van der Waals surface area contributed by atoms with E-state index in [9.17, 15) is 0 Å². The maximum absolute atomic E-state index is 5.86. The van der Waals surface area contributed by atoms with Gasteiger partial charge in [0.1, 0.15) is 0 Å². The average Bonchev–Trinajstić information content (AvgIpc) is 2.56. The van der Waals surface area contributed by atoms with E-state index in [1.807, 2.05) is 11.8 Å². The molecule has 0 unspecified atom stereocenters. The topological polar surface area (TPSA) is 38.4 Å². The minimum absolute atomic E-state index is 0.604. The highest BCUT2D eigenvalue weighted by Crippen LogP contribution is 2.24. The van der Waals surface area contributed by atoms with Gasteiger partial charge in [-0.3, -0.25) is 4.99 Å². The summed E-state index contributed by atoms with van der Waals surface area (Å²) in [6.45, 7) is 0.892. The van der Waals surface area contributed by atoms with E-state index in [1.54, 1.807) is 0 Å². The lowest BCUT2D eigenvalue weighted by Gasteiger charge is -2.07. The predicted octanol–water partition coefficient (Wildman–Crippen LogP) is 1.90. The Balaban J connectivity index is 2.24. The Morgan fingerprint density at radius 1 is 1.50 bits per heavy atom. The Bertz CT molecular complexity index is 151. The fourth-order valence-electron chi connectivity index (χ4n) is 1.62. The van der Waals surface area contributed by atoms with Gasteiger partial charge in [0.2, 0.25) is 0 Å². The van der Waals surface area contributed by atoms with Crippen molar-refractivity contribution in [2.75, 3.05) is 18.6 Å². The molecule has 0 atom stereocenters. The van der Waals surface area contributed by atoms with Crippen LogP contribution in [0.2, 0.25) is 0 Å². The lowest BCUT2D eigenvalue weighted by atomic mass is 10.1. The quantitative estimate of drug-likeness (QED) is 0.414. The molecule has 0 aromatic rings. The van der Waals surface area contributed by atoms with Crippen LogP contribution in [-0.4, -0.2) is 24.4 Å². The van der Waals surface area contributed by atoms with Crippen LogP contribution in [0.1, 0.15) is 25.7 Å². The first-order chi connectivity index (χ1) is 5.84. The van der Waals surface area contributed by atoms with E-state index in [0.717, 1.165) is 18.1 Å². The fourth-order valence-corrected chi connectivity index (χ4v) is 1.89. The zero-order valence-electron chi connectivity index (χ0n) is 7.75. The number of nitrogens with zero attached hydrogens (tertiary/aromatic N) is 1. The van der Waals surface area contributed by atoms with Gasteiger partial charge in [-0.1, -0.05) is 12.8 Å². The first-order valence-corrected chi connectivity index (χ1v) is 6.02. The Kier molecular flexibility index (Phi) is 4.51. The molecule has 0 aliphatic heterocycles. The van der Waals surface area contributed by atoms with Gasteiger partial charge < -0.3 is 5.73 Å². The zero-order chi connectivity index (χ0) is 8.81. The van der Waals surface area contributed by atoms with Crippen molar-refractivity contribution < 1.29 is 0 Å². The third-order valence-electron chi connectivity index (χ3n) is 2.36. The van der Waals surface area contributed by atoms with Gasteiger partial charge in [-0.25, -0.2) is 0 Å². The molecule has 0 bridgehead atoms. The lowest BCUT2D eigenvalue weighted by Crippen LogP contribution is -2.21. The van der Waals surface area contributed by atoms with Crippen molar-refractivity contribution in [2.45, 2.75) is 25.7 Å². The van der Waals surface area contributed by atoms with E-state index >= 15 is 0 Å². The highest BCUT2D eigenvalue weighted by atomic mass is 32.2. The highest BCUT2D eigenvalue weighted by Gasteiger charge is 2.17. The number of thioether (sulfide) groups is 1. The number of hydrogen-bond donors (Lipinski definition) is 1. The molecule has 0 heterocycles. The number of amidine groups is 1. The third-order valence-corrected chi connectivity index (χ3v) is 2.95. The summed E-state index contributed by atoms with van der Waals surface area (Å²) < 4.78 is 0. The largest absolute Gasteiger partial charge is 0.387 e. The Morgan fingerprint density at radius 2 is 2.17 bits per heavy atom. The van der Waals surface area contributed by atoms with Gasteiger partial charge in [-0.15, -0.1) is 0 Å². The summed E-state index contributed by atoms with van der Waals surface area (Å²) in [4.78, 5) is 4.37. The minimum atomic E-state index is 0.604. The second-order valence-electron chi connectivity index (χ2n) is 3.28. The summed E-state index contributed by atoms with van der Waals surface area (Å²) >= 11 is 1.82. The molecule has 1 fully saturated rings. The first-order valence-electron chi connectivity index (χ1n) is 4.63. The Morgan fingerprint density at radius 3 is 2.75 bits per heavy atom. The van der Waals surface area contributed by atoms with Crippen molar-refractivity contribution in [2.24, 2.45) is 16.6 Å². The van der Waals surface area contributed by atoms with Crippen LogP contribution in [0.25, 0.3) is 0 Å². The minimum Gasteiger partial charge on any atom is -0.387 e. The van der Waals surface area contributed by atoms with Crippen molar-refractivity contribution in [1.82, 2.24) is 0 Å². The molecule has 0 spiro atoms. The summed E-state index contributed by atoms with van der Waals surface area (Å²) in [5, 5.41) is 0. The van der Waals surface area contributed by atoms with Crippen LogP contribution in [0.15, 0.2) is 4.99 Å². The maximum Gasteiger partial charge on any atom is 0.0968 e. The SMILES string of the molecule is CSCCN=C(N)C1CCCC1. The van der Waals surface area contributed by atoms with Crippen molar-refractivity contribution in [3.05, 3.63) is 0 Å². The molecule has 0 radical (unpaired) electrons. The van der Waals surface area contributed by atoms with Crippen molar-refractivity contribution in [3.63, 3.8) is 0 Å². The normalized spacial score (nSPS) is 20.2. The van der Waals surface area contributed by atoms with Crippen LogP contribution in [0.5, 0.6) is 0 Å². The Labute approximate surface area is 79.0 Å². The van der Waals surface area contributed by atoms with Crippen LogP contribution in [0.3, 0.4) is 0 Å². The second-order valence-corrected chi connectivity index (χ2v) is 4.27. The van der Waals surface area contributed by atoms with E-state index in [4.69, 9.17) is 5.73 Å². The van der Waals surface area contributed by atoms with Gasteiger partial charge in [0.15, 0.2) is 0 Å². The van der Waals surface area contributed by atoms with Crippen LogP contribution in [0, 0.1) is 5.92 Å². The summed E-state index contributed by atoms with van der Waals surface area (Å²) in [5.74, 6) is 2.60. The van der Waals surface area contributed by atoms with Gasteiger partial charge in [0.25, 0.3) is 0 Å². The zero-order valence-corrected chi connectivity index (χ0v) is 8.57. The van der Waals surface area contributed by atoms with E-state index in [-0.39, 0.29) is 0 Å². The first kappa shape index (κ1) is 9.90. The molecule has 1 saturated carbocycles. The van der Waals surface area contributed by atoms with Gasteiger partial charge >= 0.3 is 0 Å². The number of aliphatic imine (C=N–C) groups is 1. The predicted molar refractivity (Wildman–Crippen MR) is 56.8 cm³/mol.